The number of nitro groups is 1. The van der Waals surface area contributed by atoms with Gasteiger partial charge in [0.2, 0.25) is 0 Å². The molecule has 174 valence electrons. The highest BCUT2D eigenvalue weighted by Gasteiger charge is 2.46. The Balaban J connectivity index is 2.10. The average Bonchev–Trinajstić information content (AvgIpc) is 3.06. The molecule has 1 heterocycles. The minimum absolute atomic E-state index is 0.0184. The summed E-state index contributed by atoms with van der Waals surface area (Å²) in [5, 5.41) is 40.7. The number of non-ortho nitro benzene ring substituents is 1. The van der Waals surface area contributed by atoms with E-state index in [1.54, 1.807) is 0 Å². The van der Waals surface area contributed by atoms with E-state index in [1.165, 1.54) is 54.5 Å². The number of aliphatic hydroxyl groups excluding tert-OH is 2. The summed E-state index contributed by atoms with van der Waals surface area (Å²) in [7, 11) is 1.34. The Kier molecular flexibility index (Phi) is 7.26. The van der Waals surface area contributed by atoms with E-state index in [2.05, 4.69) is 0 Å². The third-order valence-electron chi connectivity index (χ3n) is 5.12. The van der Waals surface area contributed by atoms with Crippen LogP contribution in [0.15, 0.2) is 48.0 Å². The van der Waals surface area contributed by atoms with Crippen LogP contribution in [0.5, 0.6) is 11.5 Å². The van der Waals surface area contributed by atoms with Crippen LogP contribution in [0.2, 0.25) is 0 Å². The Morgan fingerprint density at radius 3 is 2.45 bits per heavy atom. The number of carbonyl (C=O) groups is 2. The van der Waals surface area contributed by atoms with Crippen molar-refractivity contribution in [1.29, 1.82) is 0 Å². The highest BCUT2D eigenvalue weighted by Crippen LogP contribution is 2.41. The minimum Gasteiger partial charge on any atom is -0.507 e. The van der Waals surface area contributed by atoms with Crippen LogP contribution in [0.25, 0.3) is 5.76 Å². The van der Waals surface area contributed by atoms with Gasteiger partial charge in [-0.25, -0.2) is 0 Å². The van der Waals surface area contributed by atoms with Crippen molar-refractivity contribution < 1.29 is 39.3 Å². The van der Waals surface area contributed by atoms with Gasteiger partial charge in [-0.3, -0.25) is 19.7 Å². The Morgan fingerprint density at radius 1 is 1.15 bits per heavy atom. The number of rotatable bonds is 9. The lowest BCUT2D eigenvalue weighted by Crippen LogP contribution is -2.33. The van der Waals surface area contributed by atoms with Crippen molar-refractivity contribution in [2.45, 2.75) is 6.04 Å². The fourth-order valence-corrected chi connectivity index (χ4v) is 3.55. The second-order valence-corrected chi connectivity index (χ2v) is 7.06. The first kappa shape index (κ1) is 23.7. The summed E-state index contributed by atoms with van der Waals surface area (Å²) < 4.78 is 10.4. The summed E-state index contributed by atoms with van der Waals surface area (Å²) in [4.78, 5) is 37.3. The molecule has 11 nitrogen and oxygen atoms in total. The molecule has 11 heteroatoms. The van der Waals surface area contributed by atoms with Crippen LogP contribution in [0.3, 0.4) is 0 Å². The lowest BCUT2D eigenvalue weighted by atomic mass is 9.95. The lowest BCUT2D eigenvalue weighted by Gasteiger charge is -2.25. The summed E-state index contributed by atoms with van der Waals surface area (Å²) in [5.74, 6) is -2.36. The van der Waals surface area contributed by atoms with Crippen LogP contribution in [-0.2, 0) is 14.3 Å². The molecule has 0 saturated carbocycles. The fourth-order valence-electron chi connectivity index (χ4n) is 3.55. The highest BCUT2D eigenvalue weighted by molar-refractivity contribution is 6.46. The maximum atomic E-state index is 12.9. The molecule has 0 radical (unpaired) electrons. The average molecular weight is 458 g/mol. The standard InChI is InChI=1S/C22H22N2O9/c1-32-17-12-14(4-7-16(17)26)19-18(20(27)13-2-5-15(6-3-13)24(30)31)21(28)22(29)23(19)8-10-33-11-9-25/h2-7,12,19,25-27H,8-11H2,1H3/b20-18-. The van der Waals surface area contributed by atoms with Crippen LogP contribution >= 0.6 is 0 Å². The number of nitrogens with zero attached hydrogens (tertiary/aromatic N) is 2. The summed E-state index contributed by atoms with van der Waals surface area (Å²) in [6.45, 7) is -0.158. The summed E-state index contributed by atoms with van der Waals surface area (Å²) in [6.07, 6.45) is 0. The lowest BCUT2D eigenvalue weighted by molar-refractivity contribution is -0.384. The molecule has 1 aliphatic rings. The van der Waals surface area contributed by atoms with Gasteiger partial charge in [0.25, 0.3) is 17.4 Å². The van der Waals surface area contributed by atoms with Crippen LogP contribution < -0.4 is 4.74 Å². The SMILES string of the molecule is COc1cc(C2/C(=C(/O)c3ccc([N+](=O)[O-])cc3)C(=O)C(=O)N2CCOCCO)ccc1O. The van der Waals surface area contributed by atoms with Crippen LogP contribution in [0, 0.1) is 10.1 Å². The molecule has 0 spiro atoms. The van der Waals surface area contributed by atoms with Gasteiger partial charge in [0.1, 0.15) is 5.76 Å². The number of nitro benzene ring substituents is 1. The predicted molar refractivity (Wildman–Crippen MR) is 115 cm³/mol. The number of hydrogen-bond donors (Lipinski definition) is 3. The summed E-state index contributed by atoms with van der Waals surface area (Å²) in [6, 6.07) is 8.13. The number of phenols is 1. The van der Waals surface area contributed by atoms with Crippen molar-refractivity contribution in [2.24, 2.45) is 0 Å². The van der Waals surface area contributed by atoms with E-state index in [0.29, 0.717) is 5.56 Å². The molecule has 1 amide bonds. The van der Waals surface area contributed by atoms with Crippen molar-refractivity contribution >= 4 is 23.1 Å². The molecule has 1 aliphatic heterocycles. The fraction of sp³-hybridized carbons (Fsp3) is 0.273. The molecule has 2 aromatic rings. The normalized spacial score (nSPS) is 17.4. The topological polar surface area (TPSA) is 160 Å². The first-order valence-corrected chi connectivity index (χ1v) is 9.88. The third-order valence-corrected chi connectivity index (χ3v) is 5.12. The second kappa shape index (κ2) is 10.1. The number of likely N-dealkylation sites (tertiary alicyclic amines) is 1. The van der Waals surface area contributed by atoms with Crippen molar-refractivity contribution in [3.05, 3.63) is 69.3 Å². The molecule has 0 aromatic heterocycles. The molecule has 33 heavy (non-hydrogen) atoms. The van der Waals surface area contributed by atoms with Crippen LogP contribution in [-0.4, -0.2) is 70.3 Å². The molecule has 0 aliphatic carbocycles. The molecule has 0 bridgehead atoms. The maximum Gasteiger partial charge on any atom is 0.295 e. The summed E-state index contributed by atoms with van der Waals surface area (Å²) >= 11 is 0. The number of methoxy groups -OCH3 is 1. The van der Waals surface area contributed by atoms with Gasteiger partial charge in [-0.1, -0.05) is 6.07 Å². The Bertz CT molecular complexity index is 1100. The van der Waals surface area contributed by atoms with E-state index < -0.39 is 28.4 Å². The smallest absolute Gasteiger partial charge is 0.295 e. The number of ether oxygens (including phenoxy) is 2. The molecule has 1 atom stereocenters. The third kappa shape index (κ3) is 4.78. The van der Waals surface area contributed by atoms with Gasteiger partial charge in [-0.2, -0.15) is 0 Å². The Labute approximate surface area is 188 Å². The Morgan fingerprint density at radius 2 is 1.85 bits per heavy atom. The minimum atomic E-state index is -1.03. The maximum absolute atomic E-state index is 12.9. The van der Waals surface area contributed by atoms with Crippen molar-refractivity contribution in [3.8, 4) is 11.5 Å². The molecule has 2 aromatic carbocycles. The molecule has 1 fully saturated rings. The summed E-state index contributed by atoms with van der Waals surface area (Å²) in [5.41, 5.74) is 0.0805. The van der Waals surface area contributed by atoms with E-state index in [1.807, 2.05) is 0 Å². The zero-order valence-electron chi connectivity index (χ0n) is 17.6. The van der Waals surface area contributed by atoms with Crippen molar-refractivity contribution in [3.63, 3.8) is 0 Å². The number of Topliss-reactive ketones (excluding diaryl/α,β-unsaturated/α-hetero) is 1. The predicted octanol–water partition coefficient (Wildman–Crippen LogP) is 1.74. The van der Waals surface area contributed by atoms with Crippen molar-refractivity contribution in [2.75, 3.05) is 33.5 Å². The van der Waals surface area contributed by atoms with Crippen LogP contribution in [0.4, 0.5) is 5.69 Å². The largest absolute Gasteiger partial charge is 0.507 e. The van der Waals surface area contributed by atoms with Gasteiger partial charge in [0.15, 0.2) is 11.5 Å². The van der Waals surface area contributed by atoms with Gasteiger partial charge in [-0.05, 0) is 29.8 Å². The van der Waals surface area contributed by atoms with E-state index in [-0.39, 0.29) is 54.7 Å². The van der Waals surface area contributed by atoms with Gasteiger partial charge in [0.05, 0.1) is 43.5 Å². The monoisotopic (exact) mass is 458 g/mol. The van der Waals surface area contributed by atoms with E-state index >= 15 is 0 Å². The molecule has 3 rings (SSSR count). The first-order valence-electron chi connectivity index (χ1n) is 9.88. The number of benzene rings is 2. The van der Waals surface area contributed by atoms with Gasteiger partial charge in [-0.15, -0.1) is 0 Å². The van der Waals surface area contributed by atoms with Gasteiger partial charge >= 0.3 is 0 Å². The number of amides is 1. The van der Waals surface area contributed by atoms with E-state index in [0.717, 1.165) is 0 Å². The van der Waals surface area contributed by atoms with Crippen LogP contribution in [0.1, 0.15) is 17.2 Å². The van der Waals surface area contributed by atoms with E-state index in [4.69, 9.17) is 14.6 Å². The second-order valence-electron chi connectivity index (χ2n) is 7.06. The molecule has 3 N–H and O–H groups in total. The van der Waals surface area contributed by atoms with Crippen molar-refractivity contribution in [1.82, 2.24) is 4.90 Å². The molecule has 1 saturated heterocycles. The van der Waals surface area contributed by atoms with Gasteiger partial charge < -0.3 is 29.7 Å². The Hall–Kier alpha value is -3.96. The number of hydrogen-bond acceptors (Lipinski definition) is 9. The number of carbonyl (C=O) groups excluding carboxylic acids is 2. The number of ketones is 1. The number of aromatic hydroxyl groups is 1. The zero-order valence-corrected chi connectivity index (χ0v) is 17.6. The van der Waals surface area contributed by atoms with Gasteiger partial charge in [0, 0.05) is 24.2 Å². The number of phenolic OH excluding ortho intramolecular Hbond substituents is 1. The highest BCUT2D eigenvalue weighted by atomic mass is 16.6. The molecule has 1 unspecified atom stereocenters. The molecular weight excluding hydrogens is 436 g/mol. The quantitative estimate of drug-likeness (QED) is 0.127. The zero-order chi connectivity index (χ0) is 24.1. The first-order chi connectivity index (χ1) is 15.8. The van der Waals surface area contributed by atoms with E-state index in [9.17, 15) is 29.9 Å². The number of aliphatic hydroxyl groups is 2. The molecular formula is C22H22N2O9.